The number of nitrogens with two attached hydrogens (primary N) is 1. The van der Waals surface area contributed by atoms with E-state index in [1.807, 2.05) is 36.7 Å². The third-order valence-corrected chi connectivity index (χ3v) is 2.65. The molecule has 1 aromatic heterocycles. The molecule has 3 heteroatoms. The Labute approximate surface area is 89.6 Å². The highest BCUT2D eigenvalue weighted by molar-refractivity contribution is 5.40. The second-order valence-electron chi connectivity index (χ2n) is 3.71. The minimum atomic E-state index is 0.761. The van der Waals surface area contributed by atoms with E-state index in [-0.39, 0.29) is 0 Å². The minimum absolute atomic E-state index is 0.761. The molecule has 0 fully saturated rings. The molecular weight excluding hydrogens is 186 g/mol. The Morgan fingerprint density at radius 1 is 1.27 bits per heavy atom. The largest absolute Gasteiger partial charge is 0.384 e. The number of rotatable bonds is 2. The van der Waals surface area contributed by atoms with E-state index in [0.717, 1.165) is 23.8 Å². The van der Waals surface area contributed by atoms with Gasteiger partial charge in [0.05, 0.1) is 5.69 Å². The van der Waals surface area contributed by atoms with Crippen molar-refractivity contribution in [3.05, 3.63) is 47.4 Å². The number of aromatic nitrogens is 2. The highest BCUT2D eigenvalue weighted by Crippen LogP contribution is 2.16. The fourth-order valence-electron chi connectivity index (χ4n) is 1.61. The lowest BCUT2D eigenvalue weighted by Gasteiger charge is -2.00. The fourth-order valence-corrected chi connectivity index (χ4v) is 1.61. The van der Waals surface area contributed by atoms with Gasteiger partial charge in [-0.1, -0.05) is 30.3 Å². The van der Waals surface area contributed by atoms with E-state index in [2.05, 4.69) is 17.1 Å². The van der Waals surface area contributed by atoms with Crippen LogP contribution >= 0.6 is 0 Å². The number of hydrogen-bond donors (Lipinski definition) is 1. The second-order valence-corrected chi connectivity index (χ2v) is 3.71. The van der Waals surface area contributed by atoms with Crippen LogP contribution in [-0.4, -0.2) is 9.55 Å². The first-order chi connectivity index (χ1) is 7.18. The van der Waals surface area contributed by atoms with Crippen LogP contribution < -0.4 is 5.73 Å². The van der Waals surface area contributed by atoms with Crippen molar-refractivity contribution in [3.8, 4) is 0 Å². The number of anilines is 1. The van der Waals surface area contributed by atoms with Gasteiger partial charge in [0.1, 0.15) is 11.6 Å². The number of nitrogen functional groups attached to an aromatic ring is 1. The summed E-state index contributed by atoms with van der Waals surface area (Å²) in [6, 6.07) is 10.2. The molecule has 0 saturated carbocycles. The van der Waals surface area contributed by atoms with Gasteiger partial charge in [-0.2, -0.15) is 0 Å². The first-order valence-electron chi connectivity index (χ1n) is 5.00. The lowest BCUT2D eigenvalue weighted by atomic mass is 10.1. The maximum Gasteiger partial charge on any atom is 0.126 e. The third kappa shape index (κ3) is 1.86. The molecule has 1 aromatic carbocycles. The molecule has 0 radical (unpaired) electrons. The van der Waals surface area contributed by atoms with Crippen LogP contribution in [0.3, 0.4) is 0 Å². The van der Waals surface area contributed by atoms with Crippen molar-refractivity contribution in [2.24, 2.45) is 7.05 Å². The Morgan fingerprint density at radius 3 is 2.47 bits per heavy atom. The predicted octanol–water partition coefficient (Wildman–Crippen LogP) is 1.90. The van der Waals surface area contributed by atoms with Gasteiger partial charge in [0.15, 0.2) is 0 Å². The second kappa shape index (κ2) is 3.77. The number of nitrogens with zero attached hydrogens (tertiary/aromatic N) is 2. The molecule has 15 heavy (non-hydrogen) atoms. The van der Waals surface area contributed by atoms with Crippen molar-refractivity contribution < 1.29 is 0 Å². The van der Waals surface area contributed by atoms with E-state index < -0.39 is 0 Å². The highest BCUT2D eigenvalue weighted by Gasteiger charge is 2.08. The van der Waals surface area contributed by atoms with E-state index in [1.165, 1.54) is 5.56 Å². The fraction of sp³-hybridized carbons (Fsp3) is 0.250. The van der Waals surface area contributed by atoms with Gasteiger partial charge in [-0.15, -0.1) is 0 Å². The van der Waals surface area contributed by atoms with Crippen molar-refractivity contribution in [1.29, 1.82) is 0 Å². The van der Waals surface area contributed by atoms with Crippen LogP contribution in [0.2, 0.25) is 0 Å². The molecule has 0 spiro atoms. The molecule has 78 valence electrons. The van der Waals surface area contributed by atoms with Crippen LogP contribution in [0.15, 0.2) is 30.3 Å². The van der Waals surface area contributed by atoms with Gasteiger partial charge in [0.2, 0.25) is 0 Å². The molecule has 2 rings (SSSR count). The van der Waals surface area contributed by atoms with E-state index in [4.69, 9.17) is 5.73 Å². The van der Waals surface area contributed by atoms with E-state index in [0.29, 0.717) is 0 Å². The molecule has 0 saturated heterocycles. The zero-order valence-electron chi connectivity index (χ0n) is 9.07. The van der Waals surface area contributed by atoms with E-state index >= 15 is 0 Å². The first kappa shape index (κ1) is 9.77. The molecule has 1 heterocycles. The Bertz CT molecular complexity index is 457. The van der Waals surface area contributed by atoms with Crippen molar-refractivity contribution in [2.75, 3.05) is 5.73 Å². The zero-order chi connectivity index (χ0) is 10.8. The highest BCUT2D eigenvalue weighted by atomic mass is 15.1. The topological polar surface area (TPSA) is 43.8 Å². The maximum absolute atomic E-state index is 5.95. The summed E-state index contributed by atoms with van der Waals surface area (Å²) in [5, 5.41) is 0. The molecule has 0 aliphatic heterocycles. The van der Waals surface area contributed by atoms with Gasteiger partial charge in [-0.25, -0.2) is 4.98 Å². The summed E-state index contributed by atoms with van der Waals surface area (Å²) in [7, 11) is 1.94. The van der Waals surface area contributed by atoms with Crippen molar-refractivity contribution in [3.63, 3.8) is 0 Å². The lowest BCUT2D eigenvalue weighted by molar-refractivity contribution is 0.868. The van der Waals surface area contributed by atoms with Crippen LogP contribution in [0.1, 0.15) is 17.1 Å². The molecule has 0 aliphatic carbocycles. The molecule has 3 nitrogen and oxygen atoms in total. The average Bonchev–Trinajstić information content (AvgIpc) is 2.48. The number of hydrogen-bond acceptors (Lipinski definition) is 2. The number of imidazole rings is 1. The Morgan fingerprint density at radius 2 is 1.93 bits per heavy atom. The first-order valence-corrected chi connectivity index (χ1v) is 5.00. The standard InChI is InChI=1S/C12H15N3/c1-9-14-11(12(13)15(9)2)8-10-6-4-3-5-7-10/h3-7H,8,13H2,1-2H3. The van der Waals surface area contributed by atoms with Gasteiger partial charge in [-0.3, -0.25) is 0 Å². The van der Waals surface area contributed by atoms with Crippen LogP contribution in [0.5, 0.6) is 0 Å². The van der Waals surface area contributed by atoms with Crippen LogP contribution in [-0.2, 0) is 13.5 Å². The van der Waals surface area contributed by atoms with Crippen LogP contribution in [0, 0.1) is 6.92 Å². The summed E-state index contributed by atoms with van der Waals surface area (Å²) in [5.41, 5.74) is 8.15. The quantitative estimate of drug-likeness (QED) is 0.806. The Hall–Kier alpha value is -1.77. The SMILES string of the molecule is Cc1nc(Cc2ccccc2)c(N)n1C. The van der Waals surface area contributed by atoms with Gasteiger partial charge in [0.25, 0.3) is 0 Å². The molecule has 0 atom stereocenters. The molecule has 0 amide bonds. The normalized spacial score (nSPS) is 10.5. The molecule has 0 aliphatic rings. The van der Waals surface area contributed by atoms with Crippen LogP contribution in [0.4, 0.5) is 5.82 Å². The van der Waals surface area contributed by atoms with Crippen molar-refractivity contribution in [1.82, 2.24) is 9.55 Å². The van der Waals surface area contributed by atoms with Gasteiger partial charge in [-0.05, 0) is 12.5 Å². The summed E-state index contributed by atoms with van der Waals surface area (Å²) in [5.74, 6) is 1.72. The zero-order valence-corrected chi connectivity index (χ0v) is 9.07. The third-order valence-electron chi connectivity index (χ3n) is 2.65. The molecule has 2 N–H and O–H groups in total. The summed E-state index contributed by atoms with van der Waals surface area (Å²) in [4.78, 5) is 4.44. The summed E-state index contributed by atoms with van der Waals surface area (Å²) >= 11 is 0. The molecular formula is C12H15N3. The monoisotopic (exact) mass is 201 g/mol. The average molecular weight is 201 g/mol. The lowest BCUT2D eigenvalue weighted by Crippen LogP contribution is -2.00. The molecule has 0 bridgehead atoms. The predicted molar refractivity (Wildman–Crippen MR) is 61.6 cm³/mol. The Kier molecular flexibility index (Phi) is 2.46. The summed E-state index contributed by atoms with van der Waals surface area (Å²) in [6.07, 6.45) is 0.800. The van der Waals surface area contributed by atoms with Crippen molar-refractivity contribution >= 4 is 5.82 Å². The van der Waals surface area contributed by atoms with Gasteiger partial charge in [0, 0.05) is 13.5 Å². The summed E-state index contributed by atoms with van der Waals surface area (Å²) in [6.45, 7) is 1.96. The molecule has 0 unspecified atom stereocenters. The van der Waals surface area contributed by atoms with E-state index in [9.17, 15) is 0 Å². The van der Waals surface area contributed by atoms with Gasteiger partial charge >= 0.3 is 0 Å². The number of aryl methyl sites for hydroxylation is 1. The maximum atomic E-state index is 5.95. The van der Waals surface area contributed by atoms with Crippen molar-refractivity contribution in [2.45, 2.75) is 13.3 Å². The number of benzene rings is 1. The smallest absolute Gasteiger partial charge is 0.126 e. The van der Waals surface area contributed by atoms with E-state index in [1.54, 1.807) is 0 Å². The van der Waals surface area contributed by atoms with Crippen LogP contribution in [0.25, 0.3) is 0 Å². The van der Waals surface area contributed by atoms with Gasteiger partial charge < -0.3 is 10.3 Å². The summed E-state index contributed by atoms with van der Waals surface area (Å²) < 4.78 is 1.91. The Balaban J connectivity index is 2.29. The molecule has 2 aromatic rings. The minimum Gasteiger partial charge on any atom is -0.384 e.